The summed E-state index contributed by atoms with van der Waals surface area (Å²) in [7, 11) is 1.38. The second kappa shape index (κ2) is 8.14. The number of benzene rings is 3. The van der Waals surface area contributed by atoms with E-state index < -0.39 is 11.8 Å². The van der Waals surface area contributed by atoms with Gasteiger partial charge in [0, 0.05) is 11.3 Å². The molecule has 0 saturated carbocycles. The van der Waals surface area contributed by atoms with Gasteiger partial charge in [0.1, 0.15) is 22.9 Å². The summed E-state index contributed by atoms with van der Waals surface area (Å²) < 4.78 is 23.7. The summed E-state index contributed by atoms with van der Waals surface area (Å²) in [6.07, 6.45) is 0. The van der Waals surface area contributed by atoms with Gasteiger partial charge in [0.25, 0.3) is 5.91 Å². The van der Waals surface area contributed by atoms with Gasteiger partial charge in [-0.2, -0.15) is 0 Å². The van der Waals surface area contributed by atoms with Crippen LogP contribution >= 0.6 is 0 Å². The average Bonchev–Trinajstić information content (AvgIpc) is 2.70. The summed E-state index contributed by atoms with van der Waals surface area (Å²) in [5.74, 6) is -1.09. The molecule has 6 heteroatoms. The normalized spacial score (nSPS) is 10.1. The Bertz CT molecular complexity index is 956. The molecule has 0 aliphatic rings. The maximum absolute atomic E-state index is 13.4. The van der Waals surface area contributed by atoms with E-state index in [1.807, 2.05) is 6.07 Å². The number of ether oxygens (including phenoxy) is 2. The number of hydrogen-bond acceptors (Lipinski definition) is 4. The molecule has 27 heavy (non-hydrogen) atoms. The number of carbonyl (C=O) groups excluding carboxylic acids is 2. The van der Waals surface area contributed by atoms with Crippen LogP contribution in [0.25, 0.3) is 0 Å². The minimum atomic E-state index is -0.743. The van der Waals surface area contributed by atoms with Crippen LogP contribution in [0.3, 0.4) is 0 Å². The van der Waals surface area contributed by atoms with Crippen LogP contribution in [0.15, 0.2) is 72.8 Å². The van der Waals surface area contributed by atoms with E-state index in [1.165, 1.54) is 31.4 Å². The van der Waals surface area contributed by atoms with Gasteiger partial charge in [-0.05, 0) is 54.6 Å². The zero-order valence-electron chi connectivity index (χ0n) is 14.4. The number of halogens is 1. The van der Waals surface area contributed by atoms with Gasteiger partial charge < -0.3 is 14.8 Å². The molecule has 0 atom stereocenters. The number of carbonyl (C=O) groups is 2. The highest BCUT2D eigenvalue weighted by Crippen LogP contribution is 2.23. The summed E-state index contributed by atoms with van der Waals surface area (Å²) in [5.41, 5.74) is 1.07. The van der Waals surface area contributed by atoms with Crippen LogP contribution in [0, 0.1) is 5.82 Å². The fourth-order valence-electron chi connectivity index (χ4n) is 2.40. The first kappa shape index (κ1) is 18.1. The highest BCUT2D eigenvalue weighted by Gasteiger charge is 2.16. The average molecular weight is 365 g/mol. The fourth-order valence-corrected chi connectivity index (χ4v) is 2.40. The second-order valence-electron chi connectivity index (χ2n) is 5.58. The molecule has 1 amide bonds. The molecule has 0 saturated heterocycles. The van der Waals surface area contributed by atoms with E-state index in [1.54, 1.807) is 36.4 Å². The van der Waals surface area contributed by atoms with Crippen molar-refractivity contribution < 1.29 is 23.5 Å². The minimum Gasteiger partial charge on any atom is -0.496 e. The van der Waals surface area contributed by atoms with Gasteiger partial charge in [-0.15, -0.1) is 0 Å². The first-order chi connectivity index (χ1) is 13.1. The van der Waals surface area contributed by atoms with Crippen LogP contribution in [0.5, 0.6) is 11.5 Å². The number of methoxy groups -OCH3 is 1. The van der Waals surface area contributed by atoms with E-state index in [4.69, 9.17) is 9.47 Å². The Balaban J connectivity index is 1.68. The topological polar surface area (TPSA) is 64.6 Å². The molecule has 3 aromatic carbocycles. The van der Waals surface area contributed by atoms with Gasteiger partial charge in [0.05, 0.1) is 7.11 Å². The van der Waals surface area contributed by atoms with Crippen molar-refractivity contribution in [1.29, 1.82) is 0 Å². The van der Waals surface area contributed by atoms with E-state index >= 15 is 0 Å². The quantitative estimate of drug-likeness (QED) is 0.541. The van der Waals surface area contributed by atoms with Crippen molar-refractivity contribution in [3.8, 4) is 11.5 Å². The smallest absolute Gasteiger partial charge is 0.347 e. The third-order valence-corrected chi connectivity index (χ3v) is 3.74. The summed E-state index contributed by atoms with van der Waals surface area (Å²) in [4.78, 5) is 24.4. The molecular formula is C21H16FNO4. The lowest BCUT2D eigenvalue weighted by atomic mass is 10.2. The Morgan fingerprint density at radius 3 is 2.30 bits per heavy atom. The van der Waals surface area contributed by atoms with Crippen molar-refractivity contribution in [3.63, 3.8) is 0 Å². The lowest BCUT2D eigenvalue weighted by Gasteiger charge is -2.09. The number of anilines is 1. The SMILES string of the molecule is COc1ccc(F)cc1C(=O)Oc1ccc(NC(=O)c2ccccc2)cc1. The molecule has 0 bridgehead atoms. The van der Waals surface area contributed by atoms with Crippen LogP contribution < -0.4 is 14.8 Å². The summed E-state index contributed by atoms with van der Waals surface area (Å²) in [6.45, 7) is 0. The van der Waals surface area contributed by atoms with E-state index in [9.17, 15) is 14.0 Å². The molecule has 1 N–H and O–H groups in total. The van der Waals surface area contributed by atoms with Gasteiger partial charge >= 0.3 is 5.97 Å². The molecule has 5 nitrogen and oxygen atoms in total. The predicted molar refractivity (Wildman–Crippen MR) is 98.7 cm³/mol. The van der Waals surface area contributed by atoms with Crippen molar-refractivity contribution in [3.05, 3.63) is 89.7 Å². The third-order valence-electron chi connectivity index (χ3n) is 3.74. The van der Waals surface area contributed by atoms with E-state index in [-0.39, 0.29) is 23.0 Å². The Morgan fingerprint density at radius 1 is 0.926 bits per heavy atom. The minimum absolute atomic E-state index is 0.0149. The number of amides is 1. The van der Waals surface area contributed by atoms with Crippen molar-refractivity contribution >= 4 is 17.6 Å². The molecule has 0 radical (unpaired) electrons. The first-order valence-electron chi connectivity index (χ1n) is 8.09. The number of nitrogens with one attached hydrogen (secondary N) is 1. The van der Waals surface area contributed by atoms with Gasteiger partial charge in [-0.25, -0.2) is 9.18 Å². The van der Waals surface area contributed by atoms with Gasteiger partial charge in [-0.1, -0.05) is 18.2 Å². The molecule has 3 rings (SSSR count). The zero-order chi connectivity index (χ0) is 19.2. The van der Waals surface area contributed by atoms with Crippen LogP contribution in [-0.2, 0) is 0 Å². The molecule has 0 spiro atoms. The molecule has 0 aliphatic heterocycles. The van der Waals surface area contributed by atoms with Crippen LogP contribution in [-0.4, -0.2) is 19.0 Å². The molecular weight excluding hydrogens is 349 g/mol. The molecule has 136 valence electrons. The summed E-state index contributed by atoms with van der Waals surface area (Å²) in [6, 6.07) is 18.7. The van der Waals surface area contributed by atoms with Crippen molar-refractivity contribution in [2.45, 2.75) is 0 Å². The van der Waals surface area contributed by atoms with Crippen molar-refractivity contribution in [1.82, 2.24) is 0 Å². The third kappa shape index (κ3) is 4.49. The van der Waals surface area contributed by atoms with Crippen LogP contribution in [0.2, 0.25) is 0 Å². The molecule has 0 fully saturated rings. The summed E-state index contributed by atoms with van der Waals surface area (Å²) >= 11 is 0. The maximum Gasteiger partial charge on any atom is 0.347 e. The molecule has 0 aliphatic carbocycles. The Kier molecular flexibility index (Phi) is 5.47. The summed E-state index contributed by atoms with van der Waals surface area (Å²) in [5, 5.41) is 2.75. The fraction of sp³-hybridized carbons (Fsp3) is 0.0476. The molecule has 0 unspecified atom stereocenters. The van der Waals surface area contributed by atoms with Crippen LogP contribution in [0.4, 0.5) is 10.1 Å². The van der Waals surface area contributed by atoms with E-state index in [0.717, 1.165) is 6.07 Å². The van der Waals surface area contributed by atoms with Crippen molar-refractivity contribution in [2.75, 3.05) is 12.4 Å². The predicted octanol–water partition coefficient (Wildman–Crippen LogP) is 4.31. The van der Waals surface area contributed by atoms with Gasteiger partial charge in [0.2, 0.25) is 0 Å². The van der Waals surface area contributed by atoms with Crippen LogP contribution in [0.1, 0.15) is 20.7 Å². The lowest BCUT2D eigenvalue weighted by Crippen LogP contribution is -2.12. The maximum atomic E-state index is 13.4. The van der Waals surface area contributed by atoms with E-state index in [2.05, 4.69) is 5.32 Å². The highest BCUT2D eigenvalue weighted by atomic mass is 19.1. The Labute approximate surface area is 155 Å². The van der Waals surface area contributed by atoms with Gasteiger partial charge in [0.15, 0.2) is 0 Å². The molecule has 0 heterocycles. The first-order valence-corrected chi connectivity index (χ1v) is 8.09. The van der Waals surface area contributed by atoms with E-state index in [0.29, 0.717) is 11.3 Å². The van der Waals surface area contributed by atoms with Gasteiger partial charge in [-0.3, -0.25) is 4.79 Å². The monoisotopic (exact) mass is 365 g/mol. The Hall–Kier alpha value is -3.67. The highest BCUT2D eigenvalue weighted by molar-refractivity contribution is 6.04. The largest absolute Gasteiger partial charge is 0.496 e. The zero-order valence-corrected chi connectivity index (χ0v) is 14.4. The molecule has 0 aromatic heterocycles. The van der Waals surface area contributed by atoms with Crippen molar-refractivity contribution in [2.24, 2.45) is 0 Å². The molecule has 3 aromatic rings. The Morgan fingerprint density at radius 2 is 1.63 bits per heavy atom. The lowest BCUT2D eigenvalue weighted by molar-refractivity contribution is 0.0730. The number of rotatable bonds is 5. The number of esters is 1. The number of hydrogen-bond donors (Lipinski definition) is 1. The standard InChI is InChI=1S/C21H16FNO4/c1-26-19-12-7-15(22)13-18(19)21(25)27-17-10-8-16(9-11-17)23-20(24)14-5-3-2-4-6-14/h2-13H,1H3,(H,23,24). The second-order valence-corrected chi connectivity index (χ2v) is 5.58.